The second-order valence-corrected chi connectivity index (χ2v) is 4.63. The van der Waals surface area contributed by atoms with E-state index in [4.69, 9.17) is 18.9 Å². The van der Waals surface area contributed by atoms with Crippen LogP contribution in [0.2, 0.25) is 0 Å². The van der Waals surface area contributed by atoms with Gasteiger partial charge in [-0.1, -0.05) is 0 Å². The Kier molecular flexibility index (Phi) is 3.13. The molecule has 0 radical (unpaired) electrons. The quantitative estimate of drug-likeness (QED) is 0.726. The molecule has 3 fully saturated rings. The molecule has 3 rings (SSSR count). The maximum absolute atomic E-state index is 9.59. The van der Waals surface area contributed by atoms with Gasteiger partial charge in [-0.15, -0.1) is 0 Å². The summed E-state index contributed by atoms with van der Waals surface area (Å²) in [5.74, 6) is 0. The van der Waals surface area contributed by atoms with E-state index in [0.717, 1.165) is 25.9 Å². The molecule has 0 spiro atoms. The number of aliphatic hydroxyl groups is 1. The average molecular weight is 230 g/mol. The Hall–Kier alpha value is -0.200. The molecule has 3 heterocycles. The number of aliphatic hydroxyl groups excluding tert-OH is 1. The Morgan fingerprint density at radius 3 is 2.69 bits per heavy atom. The summed E-state index contributed by atoms with van der Waals surface area (Å²) < 4.78 is 22.3. The first-order valence-electron chi connectivity index (χ1n) is 6.03. The minimum Gasteiger partial charge on any atom is -0.388 e. The summed E-state index contributed by atoms with van der Waals surface area (Å²) in [5, 5.41) is 9.59. The Morgan fingerprint density at radius 1 is 1.00 bits per heavy atom. The first-order chi connectivity index (χ1) is 7.84. The van der Waals surface area contributed by atoms with Gasteiger partial charge in [0.2, 0.25) is 0 Å². The minimum absolute atomic E-state index is 0.0924. The molecule has 0 aromatic heterocycles. The molecule has 0 amide bonds. The Morgan fingerprint density at radius 2 is 1.88 bits per heavy atom. The molecule has 5 unspecified atom stereocenters. The molecule has 1 N–H and O–H groups in total. The summed E-state index contributed by atoms with van der Waals surface area (Å²) in [4.78, 5) is 0. The number of rotatable bonds is 2. The van der Waals surface area contributed by atoms with Crippen molar-refractivity contribution < 1.29 is 24.1 Å². The van der Waals surface area contributed by atoms with Crippen LogP contribution in [0.4, 0.5) is 0 Å². The number of hydrogen-bond acceptors (Lipinski definition) is 5. The van der Waals surface area contributed by atoms with Crippen molar-refractivity contribution in [3.8, 4) is 0 Å². The van der Waals surface area contributed by atoms with Gasteiger partial charge in [0, 0.05) is 6.61 Å². The third-order valence-electron chi connectivity index (χ3n) is 3.45. The van der Waals surface area contributed by atoms with E-state index in [1.54, 1.807) is 0 Å². The van der Waals surface area contributed by atoms with Crippen LogP contribution >= 0.6 is 0 Å². The standard InChI is InChI=1S/C11H18O5/c12-7-5-14-11-8(6-15-10(7)11)16-9-3-1-2-4-13-9/h7-12H,1-6H2. The molecule has 5 atom stereocenters. The van der Waals surface area contributed by atoms with Crippen molar-refractivity contribution in [2.24, 2.45) is 0 Å². The molecule has 0 saturated carbocycles. The van der Waals surface area contributed by atoms with Crippen molar-refractivity contribution in [1.29, 1.82) is 0 Å². The first kappa shape index (κ1) is 10.9. The van der Waals surface area contributed by atoms with Crippen molar-refractivity contribution in [3.05, 3.63) is 0 Å². The Bertz CT molecular complexity index is 241. The van der Waals surface area contributed by atoms with Crippen LogP contribution in [0.3, 0.4) is 0 Å². The topological polar surface area (TPSA) is 57.2 Å². The van der Waals surface area contributed by atoms with Gasteiger partial charge in [0.15, 0.2) is 6.29 Å². The molecule has 0 aromatic carbocycles. The van der Waals surface area contributed by atoms with E-state index in [1.165, 1.54) is 0 Å². The molecular weight excluding hydrogens is 212 g/mol. The molecule has 0 aromatic rings. The molecule has 0 bridgehead atoms. The van der Waals surface area contributed by atoms with E-state index in [-0.39, 0.29) is 24.6 Å². The van der Waals surface area contributed by atoms with Gasteiger partial charge in [-0.2, -0.15) is 0 Å². The Labute approximate surface area is 94.6 Å². The average Bonchev–Trinajstić information content (AvgIpc) is 2.86. The SMILES string of the molecule is OC1COC2C(OC3CCCCO3)COC12. The van der Waals surface area contributed by atoms with E-state index in [0.29, 0.717) is 13.2 Å². The molecule has 3 saturated heterocycles. The molecule has 3 aliphatic rings. The van der Waals surface area contributed by atoms with Crippen LogP contribution in [-0.4, -0.2) is 55.6 Å². The highest BCUT2D eigenvalue weighted by atomic mass is 16.7. The highest BCUT2D eigenvalue weighted by Gasteiger charge is 2.48. The van der Waals surface area contributed by atoms with E-state index >= 15 is 0 Å². The third kappa shape index (κ3) is 1.98. The van der Waals surface area contributed by atoms with Gasteiger partial charge in [0.1, 0.15) is 24.4 Å². The summed E-state index contributed by atoms with van der Waals surface area (Å²) >= 11 is 0. The lowest BCUT2D eigenvalue weighted by molar-refractivity contribution is -0.202. The van der Waals surface area contributed by atoms with Gasteiger partial charge in [0.05, 0.1) is 13.2 Å². The fraction of sp³-hybridized carbons (Fsp3) is 1.00. The first-order valence-corrected chi connectivity index (χ1v) is 6.03. The molecule has 3 aliphatic heterocycles. The fourth-order valence-electron chi connectivity index (χ4n) is 2.57. The lowest BCUT2D eigenvalue weighted by Crippen LogP contribution is -2.37. The zero-order valence-electron chi connectivity index (χ0n) is 9.21. The van der Waals surface area contributed by atoms with E-state index in [9.17, 15) is 5.11 Å². The predicted octanol–water partition coefficient (Wildman–Crippen LogP) is 0.0567. The van der Waals surface area contributed by atoms with Crippen LogP contribution < -0.4 is 0 Å². The Balaban J connectivity index is 1.55. The molecule has 16 heavy (non-hydrogen) atoms. The molecular formula is C11H18O5. The van der Waals surface area contributed by atoms with Crippen molar-refractivity contribution in [2.75, 3.05) is 19.8 Å². The van der Waals surface area contributed by atoms with Gasteiger partial charge in [-0.3, -0.25) is 0 Å². The summed E-state index contributed by atoms with van der Waals surface area (Å²) in [7, 11) is 0. The van der Waals surface area contributed by atoms with Gasteiger partial charge in [-0.25, -0.2) is 0 Å². The highest BCUT2D eigenvalue weighted by molar-refractivity contribution is 4.95. The third-order valence-corrected chi connectivity index (χ3v) is 3.45. The van der Waals surface area contributed by atoms with Crippen molar-refractivity contribution in [2.45, 2.75) is 50.0 Å². The number of ether oxygens (including phenoxy) is 4. The van der Waals surface area contributed by atoms with Crippen LogP contribution in [0, 0.1) is 0 Å². The maximum atomic E-state index is 9.59. The zero-order valence-corrected chi connectivity index (χ0v) is 9.21. The van der Waals surface area contributed by atoms with Crippen LogP contribution in [-0.2, 0) is 18.9 Å². The van der Waals surface area contributed by atoms with Gasteiger partial charge in [-0.05, 0) is 19.3 Å². The van der Waals surface area contributed by atoms with E-state index in [1.807, 2.05) is 0 Å². The smallest absolute Gasteiger partial charge is 0.158 e. The van der Waals surface area contributed by atoms with Crippen molar-refractivity contribution in [1.82, 2.24) is 0 Å². The minimum atomic E-state index is -0.508. The number of fused-ring (bicyclic) bond motifs is 1. The summed E-state index contributed by atoms with van der Waals surface area (Å²) in [6.45, 7) is 1.61. The highest BCUT2D eigenvalue weighted by Crippen LogP contribution is 2.30. The summed E-state index contributed by atoms with van der Waals surface area (Å²) in [6, 6.07) is 0. The molecule has 92 valence electrons. The lowest BCUT2D eigenvalue weighted by Gasteiger charge is -2.27. The van der Waals surface area contributed by atoms with Crippen LogP contribution in [0.1, 0.15) is 19.3 Å². The summed E-state index contributed by atoms with van der Waals surface area (Å²) in [6.07, 6.45) is 2.14. The number of hydrogen-bond donors (Lipinski definition) is 1. The van der Waals surface area contributed by atoms with Crippen LogP contribution in [0.5, 0.6) is 0 Å². The molecule has 0 aliphatic carbocycles. The maximum Gasteiger partial charge on any atom is 0.158 e. The largest absolute Gasteiger partial charge is 0.388 e. The zero-order chi connectivity index (χ0) is 11.0. The van der Waals surface area contributed by atoms with Gasteiger partial charge < -0.3 is 24.1 Å². The fourth-order valence-corrected chi connectivity index (χ4v) is 2.57. The van der Waals surface area contributed by atoms with Crippen molar-refractivity contribution >= 4 is 0 Å². The monoisotopic (exact) mass is 230 g/mol. The normalized spacial score (nSPS) is 48.2. The van der Waals surface area contributed by atoms with E-state index < -0.39 is 6.10 Å². The van der Waals surface area contributed by atoms with Crippen LogP contribution in [0.25, 0.3) is 0 Å². The van der Waals surface area contributed by atoms with Gasteiger partial charge in [0.25, 0.3) is 0 Å². The lowest BCUT2D eigenvalue weighted by atomic mass is 10.1. The van der Waals surface area contributed by atoms with Crippen LogP contribution in [0.15, 0.2) is 0 Å². The summed E-state index contributed by atoms with van der Waals surface area (Å²) in [5.41, 5.74) is 0. The molecule has 5 heteroatoms. The second-order valence-electron chi connectivity index (χ2n) is 4.63. The second kappa shape index (κ2) is 4.58. The van der Waals surface area contributed by atoms with E-state index in [2.05, 4.69) is 0 Å². The molecule has 5 nitrogen and oxygen atoms in total. The van der Waals surface area contributed by atoms with Crippen molar-refractivity contribution in [3.63, 3.8) is 0 Å². The van der Waals surface area contributed by atoms with Gasteiger partial charge >= 0.3 is 0 Å². The predicted molar refractivity (Wildman–Crippen MR) is 54.0 cm³/mol.